The van der Waals surface area contributed by atoms with Crippen molar-refractivity contribution in [1.82, 2.24) is 0 Å². The molecule has 0 aliphatic rings. The predicted octanol–water partition coefficient (Wildman–Crippen LogP) is 5.06. The van der Waals surface area contributed by atoms with Gasteiger partial charge in [0.2, 0.25) is 5.82 Å². The van der Waals surface area contributed by atoms with E-state index >= 15 is 0 Å². The molecule has 0 saturated carbocycles. The molecule has 0 atom stereocenters. The number of hydrogen-bond acceptors (Lipinski definition) is 3. The lowest BCUT2D eigenvalue weighted by Gasteiger charge is -2.09. The van der Waals surface area contributed by atoms with Crippen molar-refractivity contribution in [1.29, 1.82) is 0 Å². The van der Waals surface area contributed by atoms with Crippen molar-refractivity contribution in [2.75, 3.05) is 0 Å². The highest BCUT2D eigenvalue weighted by molar-refractivity contribution is 7.86. The van der Waals surface area contributed by atoms with Gasteiger partial charge in [-0.2, -0.15) is 8.42 Å². The minimum atomic E-state index is -5.18. The predicted molar refractivity (Wildman–Crippen MR) is 102 cm³/mol. The van der Waals surface area contributed by atoms with Gasteiger partial charge in [-0.25, -0.2) is 26.3 Å². The van der Waals surface area contributed by atoms with Crippen LogP contribution in [0.1, 0.15) is 11.1 Å². The lowest BCUT2D eigenvalue weighted by Crippen LogP contribution is -2.15. The van der Waals surface area contributed by atoms with E-state index in [-0.39, 0.29) is 15.1 Å². The molecule has 3 nitrogen and oxygen atoms in total. The Morgan fingerprint density at radius 1 is 0.645 bits per heavy atom. The van der Waals surface area contributed by atoms with Crippen molar-refractivity contribution in [3.05, 3.63) is 101 Å². The van der Waals surface area contributed by atoms with E-state index < -0.39 is 50.7 Å². The van der Waals surface area contributed by atoms with Gasteiger partial charge in [0.25, 0.3) is 0 Å². The van der Waals surface area contributed by atoms with Gasteiger partial charge in [0.1, 0.15) is 6.67 Å². The van der Waals surface area contributed by atoms with Crippen molar-refractivity contribution in [2.45, 2.75) is 18.2 Å². The molecule has 0 bridgehead atoms. The Hall–Kier alpha value is -2.79. The van der Waals surface area contributed by atoms with Crippen LogP contribution in [0, 0.1) is 29.1 Å². The number of halogens is 6. The van der Waals surface area contributed by atoms with E-state index in [2.05, 4.69) is 4.18 Å². The van der Waals surface area contributed by atoms with Crippen LogP contribution in [-0.2, 0) is 27.6 Å². The lowest BCUT2D eigenvalue weighted by atomic mass is 10.2. The fourth-order valence-electron chi connectivity index (χ4n) is 2.15. The summed E-state index contributed by atoms with van der Waals surface area (Å²) in [4.78, 5) is -2.01. The largest absolute Gasteiger partial charge is 0.303 e. The summed E-state index contributed by atoms with van der Waals surface area (Å²) in [6.45, 7) is -0.983. The summed E-state index contributed by atoms with van der Waals surface area (Å²) in [5.74, 6) is -12.1. The Labute approximate surface area is 177 Å². The highest BCUT2D eigenvalue weighted by Crippen LogP contribution is 2.28. The van der Waals surface area contributed by atoms with Crippen LogP contribution >= 0.6 is 0 Å². The summed E-state index contributed by atoms with van der Waals surface area (Å²) in [5.41, 5.74) is 1.07. The standard InChI is InChI=1S/C13H7F5O3S.C7H7F.B/c14-8-9(15)11(17)13(12(18)10(8)16)22(19,20)21-6-7-4-2-1-3-5-7;8-6-7-4-2-1-3-5-7;/h1-5H,6H2;1-5H,6H2;/i;8-1;. The van der Waals surface area contributed by atoms with Gasteiger partial charge in [0.05, 0.1) is 6.61 Å². The molecular weight excluding hydrogens is 444 g/mol. The van der Waals surface area contributed by atoms with E-state index in [1.54, 1.807) is 30.3 Å². The maximum absolute atomic E-state index is 13.4. The first-order valence-electron chi connectivity index (χ1n) is 8.23. The first-order chi connectivity index (χ1) is 14.2. The van der Waals surface area contributed by atoms with Gasteiger partial charge in [-0.3, -0.25) is 4.18 Å². The first-order valence-corrected chi connectivity index (χ1v) is 9.64. The molecule has 3 radical (unpaired) electrons. The molecular formula is C20H14BF6O3S. The Bertz CT molecular complexity index is 1070. The Kier molecular flexibility index (Phi) is 9.79. The van der Waals surface area contributed by atoms with Crippen molar-refractivity contribution in [2.24, 2.45) is 0 Å². The monoisotopic (exact) mass is 458 g/mol. The number of benzene rings is 3. The van der Waals surface area contributed by atoms with Crippen LogP contribution in [0.4, 0.5) is 26.3 Å². The van der Waals surface area contributed by atoms with E-state index in [4.69, 9.17) is 0 Å². The summed E-state index contributed by atoms with van der Waals surface area (Å²) in [6.07, 6.45) is 0. The summed E-state index contributed by atoms with van der Waals surface area (Å²) < 4.78 is 105. The zero-order chi connectivity index (χ0) is 22.3. The van der Waals surface area contributed by atoms with Crippen LogP contribution in [-0.4, -0.2) is 16.8 Å². The average Bonchev–Trinajstić information content (AvgIpc) is 2.76. The second-order valence-corrected chi connectivity index (χ2v) is 7.27. The van der Waals surface area contributed by atoms with E-state index in [1.165, 1.54) is 12.1 Å². The van der Waals surface area contributed by atoms with Crippen molar-refractivity contribution >= 4 is 18.5 Å². The van der Waals surface area contributed by atoms with Crippen molar-refractivity contribution < 1.29 is 38.9 Å². The second kappa shape index (κ2) is 11.6. The van der Waals surface area contributed by atoms with E-state index in [0.29, 0.717) is 5.56 Å². The molecule has 3 rings (SSSR count). The molecule has 0 heterocycles. The third kappa shape index (κ3) is 6.60. The van der Waals surface area contributed by atoms with Crippen LogP contribution < -0.4 is 0 Å². The molecule has 3 aromatic rings. The molecule has 0 saturated heterocycles. The number of alkyl halides is 1. The minimum absolute atomic E-state index is 0. The van der Waals surface area contributed by atoms with Crippen LogP contribution in [0.5, 0.6) is 0 Å². The maximum atomic E-state index is 13.4. The SMILES string of the molecule is O=S(=O)(OCc1ccccc1)c1c(F)c(F)c(F)c(F)c1F.[18F]Cc1ccccc1.[B]. The van der Waals surface area contributed by atoms with Crippen LogP contribution in [0.15, 0.2) is 65.6 Å². The molecule has 0 fully saturated rings. The molecule has 0 spiro atoms. The van der Waals surface area contributed by atoms with E-state index in [9.17, 15) is 34.8 Å². The fourth-order valence-corrected chi connectivity index (χ4v) is 3.18. The van der Waals surface area contributed by atoms with Crippen LogP contribution in [0.2, 0.25) is 0 Å². The average molecular weight is 458 g/mol. The van der Waals surface area contributed by atoms with Gasteiger partial charge in [0, 0.05) is 8.41 Å². The zero-order valence-electron chi connectivity index (χ0n) is 15.7. The van der Waals surface area contributed by atoms with E-state index in [0.717, 1.165) is 5.56 Å². The Morgan fingerprint density at radius 2 is 1.03 bits per heavy atom. The summed E-state index contributed by atoms with van der Waals surface area (Å²) >= 11 is 0. The Morgan fingerprint density at radius 3 is 1.42 bits per heavy atom. The molecule has 0 amide bonds. The maximum Gasteiger partial charge on any atom is 0.303 e. The molecule has 0 N–H and O–H groups in total. The van der Waals surface area contributed by atoms with Crippen molar-refractivity contribution in [3.8, 4) is 0 Å². The number of hydrogen-bond donors (Lipinski definition) is 0. The normalized spacial score (nSPS) is 10.6. The quantitative estimate of drug-likeness (QED) is 0.177. The fraction of sp³-hybridized carbons (Fsp3) is 0.100. The first kappa shape index (κ1) is 26.3. The zero-order valence-corrected chi connectivity index (χ0v) is 16.5. The second-order valence-electron chi connectivity index (χ2n) is 5.72. The van der Waals surface area contributed by atoms with Crippen LogP contribution in [0.25, 0.3) is 0 Å². The molecule has 0 aromatic heterocycles. The van der Waals surface area contributed by atoms with Gasteiger partial charge in [-0.15, -0.1) is 0 Å². The molecule has 163 valence electrons. The molecule has 3 aromatic carbocycles. The van der Waals surface area contributed by atoms with Crippen molar-refractivity contribution in [3.63, 3.8) is 0 Å². The highest BCUT2D eigenvalue weighted by Gasteiger charge is 2.34. The van der Waals surface area contributed by atoms with Crippen LogP contribution in [0.3, 0.4) is 0 Å². The van der Waals surface area contributed by atoms with E-state index in [1.807, 2.05) is 18.2 Å². The molecule has 0 aliphatic carbocycles. The molecule has 0 unspecified atom stereocenters. The van der Waals surface area contributed by atoms with Gasteiger partial charge < -0.3 is 0 Å². The highest BCUT2D eigenvalue weighted by atomic mass is 32.2. The molecule has 31 heavy (non-hydrogen) atoms. The lowest BCUT2D eigenvalue weighted by molar-refractivity contribution is 0.295. The third-order valence-corrected chi connectivity index (χ3v) is 4.93. The van der Waals surface area contributed by atoms with Gasteiger partial charge in [0.15, 0.2) is 28.2 Å². The summed E-state index contributed by atoms with van der Waals surface area (Å²) in [6, 6.07) is 16.7. The Balaban J connectivity index is 0.000000450. The minimum Gasteiger partial charge on any atom is -0.261 e. The third-order valence-electron chi connectivity index (χ3n) is 3.64. The number of rotatable bonds is 5. The van der Waals surface area contributed by atoms with Gasteiger partial charge >= 0.3 is 10.1 Å². The van der Waals surface area contributed by atoms with Gasteiger partial charge in [-0.05, 0) is 11.1 Å². The molecule has 0 aliphatic heterocycles. The summed E-state index contributed by atoms with van der Waals surface area (Å²) in [5, 5.41) is 0. The summed E-state index contributed by atoms with van der Waals surface area (Å²) in [7, 11) is -5.18. The van der Waals surface area contributed by atoms with Gasteiger partial charge in [-0.1, -0.05) is 60.7 Å². The topological polar surface area (TPSA) is 43.4 Å². The molecule has 11 heteroatoms. The smallest absolute Gasteiger partial charge is 0.261 e.